The van der Waals surface area contributed by atoms with Crippen LogP contribution in [0.4, 0.5) is 0 Å². The third-order valence-corrected chi connectivity index (χ3v) is 2.18. The standard InChI is InChI=1S/C9H9ClN3/c1-2-4-13-5-3-7-8(13)9(10)12-6-11-7/h3,5-6H,1-2,4H2. The summed E-state index contributed by atoms with van der Waals surface area (Å²) >= 11 is 5.95. The van der Waals surface area contributed by atoms with Crippen LogP contribution in [-0.2, 0) is 6.54 Å². The summed E-state index contributed by atoms with van der Waals surface area (Å²) in [7, 11) is 0. The minimum absolute atomic E-state index is 0.503. The van der Waals surface area contributed by atoms with Gasteiger partial charge in [0.25, 0.3) is 0 Å². The Morgan fingerprint density at radius 3 is 3.08 bits per heavy atom. The zero-order valence-electron chi connectivity index (χ0n) is 7.07. The van der Waals surface area contributed by atoms with Gasteiger partial charge >= 0.3 is 0 Å². The Labute approximate surface area is 81.4 Å². The van der Waals surface area contributed by atoms with Gasteiger partial charge in [0.05, 0.1) is 5.52 Å². The molecule has 1 radical (unpaired) electrons. The maximum Gasteiger partial charge on any atom is 0.156 e. The number of fused-ring (bicyclic) bond motifs is 1. The number of aromatic nitrogens is 3. The largest absolute Gasteiger partial charge is 0.344 e. The van der Waals surface area contributed by atoms with Gasteiger partial charge in [0, 0.05) is 12.7 Å². The number of nitrogens with zero attached hydrogens (tertiary/aromatic N) is 3. The van der Waals surface area contributed by atoms with Crippen molar-refractivity contribution in [2.75, 3.05) is 0 Å². The van der Waals surface area contributed by atoms with Crippen LogP contribution in [0.25, 0.3) is 11.0 Å². The van der Waals surface area contributed by atoms with Crippen molar-refractivity contribution in [3.05, 3.63) is 30.7 Å². The smallest absolute Gasteiger partial charge is 0.156 e. The van der Waals surface area contributed by atoms with Crippen molar-refractivity contribution in [1.29, 1.82) is 0 Å². The molecule has 0 fully saturated rings. The van der Waals surface area contributed by atoms with Crippen LogP contribution in [0, 0.1) is 6.92 Å². The number of halogens is 1. The number of rotatable bonds is 2. The van der Waals surface area contributed by atoms with Gasteiger partial charge in [-0.25, -0.2) is 9.97 Å². The van der Waals surface area contributed by atoms with E-state index >= 15 is 0 Å². The Morgan fingerprint density at radius 2 is 2.31 bits per heavy atom. The molecule has 0 saturated heterocycles. The molecule has 2 heterocycles. The van der Waals surface area contributed by atoms with Gasteiger partial charge in [-0.05, 0) is 12.5 Å². The summed E-state index contributed by atoms with van der Waals surface area (Å²) < 4.78 is 2.02. The normalized spacial score (nSPS) is 10.9. The predicted molar refractivity (Wildman–Crippen MR) is 52.5 cm³/mol. The van der Waals surface area contributed by atoms with Gasteiger partial charge in [0.2, 0.25) is 0 Å². The molecule has 0 N–H and O–H groups in total. The third kappa shape index (κ3) is 1.40. The van der Waals surface area contributed by atoms with Crippen molar-refractivity contribution in [2.24, 2.45) is 0 Å². The number of hydrogen-bond donors (Lipinski definition) is 0. The molecule has 2 aromatic heterocycles. The quantitative estimate of drug-likeness (QED) is 0.687. The molecular weight excluding hydrogens is 186 g/mol. The SMILES string of the molecule is [CH2]CCn1ccc2ncnc(Cl)c21. The van der Waals surface area contributed by atoms with Gasteiger partial charge in [0.1, 0.15) is 11.8 Å². The van der Waals surface area contributed by atoms with E-state index in [1.807, 2.05) is 16.8 Å². The fourth-order valence-corrected chi connectivity index (χ4v) is 1.60. The van der Waals surface area contributed by atoms with Gasteiger partial charge < -0.3 is 4.57 Å². The van der Waals surface area contributed by atoms with Gasteiger partial charge in [0.15, 0.2) is 5.15 Å². The van der Waals surface area contributed by atoms with E-state index in [-0.39, 0.29) is 0 Å². The zero-order chi connectivity index (χ0) is 9.26. The molecule has 0 bridgehead atoms. The van der Waals surface area contributed by atoms with Crippen LogP contribution in [-0.4, -0.2) is 14.5 Å². The second-order valence-electron chi connectivity index (χ2n) is 2.76. The summed E-state index contributed by atoms with van der Waals surface area (Å²) in [6, 6.07) is 1.93. The Bertz CT molecular complexity index is 422. The van der Waals surface area contributed by atoms with Crippen LogP contribution in [0.1, 0.15) is 6.42 Å². The maximum absolute atomic E-state index is 5.95. The third-order valence-electron chi connectivity index (χ3n) is 1.90. The van der Waals surface area contributed by atoms with Crippen LogP contribution in [0.3, 0.4) is 0 Å². The molecule has 0 spiro atoms. The van der Waals surface area contributed by atoms with Crippen LogP contribution in [0.15, 0.2) is 18.6 Å². The lowest BCUT2D eigenvalue weighted by Crippen LogP contribution is -1.95. The van der Waals surface area contributed by atoms with Crippen molar-refractivity contribution in [3.63, 3.8) is 0 Å². The topological polar surface area (TPSA) is 30.7 Å². The summed E-state index contributed by atoms with van der Waals surface area (Å²) in [5.74, 6) is 0. The van der Waals surface area contributed by atoms with Crippen molar-refractivity contribution in [3.8, 4) is 0 Å². The minimum Gasteiger partial charge on any atom is -0.344 e. The fraction of sp³-hybridized carbons (Fsp3) is 0.222. The summed E-state index contributed by atoms with van der Waals surface area (Å²) in [4.78, 5) is 8.04. The molecule has 0 aliphatic rings. The van der Waals surface area contributed by atoms with Crippen LogP contribution in [0.5, 0.6) is 0 Å². The van der Waals surface area contributed by atoms with Crippen LogP contribution < -0.4 is 0 Å². The molecule has 0 atom stereocenters. The van der Waals surface area contributed by atoms with E-state index in [1.165, 1.54) is 6.33 Å². The van der Waals surface area contributed by atoms with Gasteiger partial charge in [-0.2, -0.15) is 0 Å². The van der Waals surface area contributed by atoms with E-state index < -0.39 is 0 Å². The molecular formula is C9H9ClN3. The second-order valence-corrected chi connectivity index (χ2v) is 3.12. The summed E-state index contributed by atoms with van der Waals surface area (Å²) in [5, 5.41) is 0.503. The minimum atomic E-state index is 0.503. The van der Waals surface area contributed by atoms with Crippen molar-refractivity contribution in [1.82, 2.24) is 14.5 Å². The Hall–Kier alpha value is -1.09. The molecule has 0 aliphatic heterocycles. The van der Waals surface area contributed by atoms with Crippen LogP contribution in [0.2, 0.25) is 5.15 Å². The first-order valence-corrected chi connectivity index (χ1v) is 4.45. The molecule has 0 aromatic carbocycles. The van der Waals surface area contributed by atoms with Gasteiger partial charge in [-0.15, -0.1) is 0 Å². The number of aryl methyl sites for hydroxylation is 1. The van der Waals surface area contributed by atoms with Gasteiger partial charge in [-0.3, -0.25) is 0 Å². The van der Waals surface area contributed by atoms with Crippen molar-refractivity contribution >= 4 is 22.6 Å². The predicted octanol–water partition coefficient (Wildman–Crippen LogP) is 2.31. The highest BCUT2D eigenvalue weighted by Crippen LogP contribution is 2.20. The second kappa shape index (κ2) is 3.34. The van der Waals surface area contributed by atoms with E-state index in [1.54, 1.807) is 0 Å². The lowest BCUT2D eigenvalue weighted by molar-refractivity contribution is 0.735. The molecule has 0 aliphatic carbocycles. The molecule has 13 heavy (non-hydrogen) atoms. The molecule has 4 heteroatoms. The first-order valence-electron chi connectivity index (χ1n) is 4.07. The van der Waals surface area contributed by atoms with E-state index in [4.69, 9.17) is 11.6 Å². The summed E-state index contributed by atoms with van der Waals surface area (Å²) in [5.41, 5.74) is 1.78. The molecule has 2 rings (SSSR count). The molecule has 0 saturated carbocycles. The van der Waals surface area contributed by atoms with Crippen LogP contribution >= 0.6 is 11.6 Å². The van der Waals surface area contributed by atoms with E-state index in [2.05, 4.69) is 16.9 Å². The lowest BCUT2D eigenvalue weighted by atomic mass is 10.4. The summed E-state index contributed by atoms with van der Waals surface area (Å²) in [6.07, 6.45) is 4.25. The molecule has 3 nitrogen and oxygen atoms in total. The highest BCUT2D eigenvalue weighted by atomic mass is 35.5. The van der Waals surface area contributed by atoms with E-state index in [0.29, 0.717) is 5.15 Å². The van der Waals surface area contributed by atoms with Gasteiger partial charge in [-0.1, -0.05) is 18.5 Å². The highest BCUT2D eigenvalue weighted by Gasteiger charge is 2.05. The molecule has 2 aromatic rings. The summed E-state index contributed by atoms with van der Waals surface area (Å²) in [6.45, 7) is 4.64. The van der Waals surface area contributed by atoms with E-state index in [0.717, 1.165) is 24.0 Å². The average molecular weight is 195 g/mol. The Balaban J connectivity index is 2.64. The zero-order valence-corrected chi connectivity index (χ0v) is 7.83. The maximum atomic E-state index is 5.95. The number of hydrogen-bond acceptors (Lipinski definition) is 2. The monoisotopic (exact) mass is 194 g/mol. The van der Waals surface area contributed by atoms with Crippen molar-refractivity contribution < 1.29 is 0 Å². The highest BCUT2D eigenvalue weighted by molar-refractivity contribution is 6.33. The average Bonchev–Trinajstić information content (AvgIpc) is 2.51. The molecule has 67 valence electrons. The lowest BCUT2D eigenvalue weighted by Gasteiger charge is -2.02. The first-order chi connectivity index (χ1) is 6.33. The Morgan fingerprint density at radius 1 is 1.46 bits per heavy atom. The molecule has 0 amide bonds. The fourth-order valence-electron chi connectivity index (χ4n) is 1.35. The molecule has 0 unspecified atom stereocenters. The van der Waals surface area contributed by atoms with E-state index in [9.17, 15) is 0 Å². The first kappa shape index (κ1) is 8.51. The Kier molecular flexibility index (Phi) is 2.19. The van der Waals surface area contributed by atoms with Crippen molar-refractivity contribution in [2.45, 2.75) is 13.0 Å².